The first-order valence-corrected chi connectivity index (χ1v) is 9.81. The molecular formula is C22H23N5O2. The number of ether oxygens (including phenoxy) is 1. The van der Waals surface area contributed by atoms with Crippen LogP contribution in [0.2, 0.25) is 0 Å². The van der Waals surface area contributed by atoms with E-state index in [0.717, 1.165) is 37.1 Å². The Morgan fingerprint density at radius 3 is 2.90 bits per heavy atom. The highest BCUT2D eigenvalue weighted by Crippen LogP contribution is 2.31. The Morgan fingerprint density at radius 2 is 2.17 bits per heavy atom. The molecule has 0 spiro atoms. The molecule has 0 saturated carbocycles. The summed E-state index contributed by atoms with van der Waals surface area (Å²) in [7, 11) is 1.73. The summed E-state index contributed by atoms with van der Waals surface area (Å²) < 4.78 is 7.73. The third-order valence-corrected chi connectivity index (χ3v) is 5.61. The molecule has 0 aromatic carbocycles. The SMILES string of the molecule is [C-]#[N+]c1ccc2c(n1)c(N1CC[C@@H](Oc3ccccn3)[C@H](CC)C1)cc(=O)n2C. The number of fused-ring (bicyclic) bond motifs is 1. The molecule has 0 radical (unpaired) electrons. The number of nitrogens with zero attached hydrogens (tertiary/aromatic N) is 5. The number of aryl methyl sites for hydroxylation is 1. The van der Waals surface area contributed by atoms with Crippen LogP contribution < -0.4 is 15.2 Å². The van der Waals surface area contributed by atoms with Gasteiger partial charge in [-0.25, -0.2) is 4.98 Å². The Bertz CT molecular complexity index is 1120. The van der Waals surface area contributed by atoms with E-state index in [2.05, 4.69) is 26.6 Å². The predicted molar refractivity (Wildman–Crippen MR) is 113 cm³/mol. The van der Waals surface area contributed by atoms with Crippen molar-refractivity contribution in [3.05, 3.63) is 64.4 Å². The smallest absolute Gasteiger partial charge is 0.270 e. The molecule has 7 heteroatoms. The minimum atomic E-state index is -0.0789. The van der Waals surface area contributed by atoms with Gasteiger partial charge in [0.05, 0.1) is 11.2 Å². The lowest BCUT2D eigenvalue weighted by molar-refractivity contribution is 0.104. The zero-order chi connectivity index (χ0) is 20.4. The van der Waals surface area contributed by atoms with E-state index in [0.29, 0.717) is 23.1 Å². The highest BCUT2D eigenvalue weighted by molar-refractivity contribution is 5.89. The Balaban J connectivity index is 1.66. The number of hydrogen-bond acceptors (Lipinski definition) is 5. The van der Waals surface area contributed by atoms with Gasteiger partial charge in [-0.05, 0) is 24.6 Å². The van der Waals surface area contributed by atoms with Crippen molar-refractivity contribution in [2.45, 2.75) is 25.9 Å². The quantitative estimate of drug-likeness (QED) is 0.639. The first-order valence-electron chi connectivity index (χ1n) is 9.81. The minimum Gasteiger partial charge on any atom is -0.474 e. The highest BCUT2D eigenvalue weighted by atomic mass is 16.5. The Morgan fingerprint density at radius 1 is 1.31 bits per heavy atom. The number of pyridine rings is 3. The van der Waals surface area contributed by atoms with Crippen molar-refractivity contribution in [2.75, 3.05) is 18.0 Å². The number of hydrogen-bond donors (Lipinski definition) is 0. The standard InChI is InChI=1S/C22H23N5O2/c1-4-15-14-27(12-10-18(15)29-20-7-5-6-11-24-20)17-13-21(28)26(3)16-8-9-19(23-2)25-22(16)17/h5-9,11,13,15,18H,4,10,12,14H2,1,3H3/t15-,18-/m1/s1. The van der Waals surface area contributed by atoms with Gasteiger partial charge in [-0.2, -0.15) is 0 Å². The molecule has 148 valence electrons. The lowest BCUT2D eigenvalue weighted by atomic mass is 9.91. The summed E-state index contributed by atoms with van der Waals surface area (Å²) in [5, 5.41) is 0. The third-order valence-electron chi connectivity index (χ3n) is 5.61. The van der Waals surface area contributed by atoms with Crippen LogP contribution in [0, 0.1) is 12.5 Å². The van der Waals surface area contributed by atoms with Crippen LogP contribution in [0.1, 0.15) is 19.8 Å². The van der Waals surface area contributed by atoms with Crippen molar-refractivity contribution in [3.8, 4) is 5.88 Å². The molecule has 1 saturated heterocycles. The molecular weight excluding hydrogens is 366 g/mol. The van der Waals surface area contributed by atoms with Crippen LogP contribution in [-0.4, -0.2) is 33.7 Å². The summed E-state index contributed by atoms with van der Waals surface area (Å²) in [6, 6.07) is 10.8. The van der Waals surface area contributed by atoms with E-state index in [1.807, 2.05) is 18.2 Å². The van der Waals surface area contributed by atoms with Crippen molar-refractivity contribution in [1.29, 1.82) is 0 Å². The molecule has 0 aliphatic carbocycles. The average molecular weight is 389 g/mol. The summed E-state index contributed by atoms with van der Waals surface area (Å²) in [4.78, 5) is 27.0. The van der Waals surface area contributed by atoms with Crippen LogP contribution in [0.25, 0.3) is 15.9 Å². The van der Waals surface area contributed by atoms with Crippen molar-refractivity contribution in [2.24, 2.45) is 13.0 Å². The molecule has 29 heavy (non-hydrogen) atoms. The second-order valence-electron chi connectivity index (χ2n) is 7.30. The lowest BCUT2D eigenvalue weighted by Gasteiger charge is -2.39. The summed E-state index contributed by atoms with van der Waals surface area (Å²) >= 11 is 0. The van der Waals surface area contributed by atoms with E-state index in [1.165, 1.54) is 0 Å². The molecule has 0 amide bonds. The zero-order valence-electron chi connectivity index (χ0n) is 16.6. The molecule has 4 rings (SSSR count). The maximum Gasteiger partial charge on any atom is 0.270 e. The van der Waals surface area contributed by atoms with Crippen LogP contribution in [0.15, 0.2) is 47.4 Å². The first kappa shape index (κ1) is 18.9. The molecule has 0 N–H and O–H groups in total. The van der Waals surface area contributed by atoms with Gasteiger partial charge < -0.3 is 19.0 Å². The maximum atomic E-state index is 12.5. The van der Waals surface area contributed by atoms with Crippen LogP contribution in [0.3, 0.4) is 0 Å². The van der Waals surface area contributed by atoms with Gasteiger partial charge in [0.15, 0.2) is 0 Å². The van der Waals surface area contributed by atoms with Crippen LogP contribution >= 0.6 is 0 Å². The van der Waals surface area contributed by atoms with Crippen molar-refractivity contribution in [1.82, 2.24) is 14.5 Å². The van der Waals surface area contributed by atoms with Crippen molar-refractivity contribution >= 4 is 22.5 Å². The topological polar surface area (TPSA) is 64.6 Å². The second kappa shape index (κ2) is 7.92. The van der Waals surface area contributed by atoms with Gasteiger partial charge in [0, 0.05) is 50.8 Å². The summed E-state index contributed by atoms with van der Waals surface area (Å²) in [5.74, 6) is 1.28. The molecule has 3 aromatic heterocycles. The molecule has 4 heterocycles. The van der Waals surface area contributed by atoms with Gasteiger partial charge in [0.1, 0.15) is 6.10 Å². The van der Waals surface area contributed by atoms with Gasteiger partial charge in [0.25, 0.3) is 11.4 Å². The van der Waals surface area contributed by atoms with E-state index in [1.54, 1.807) is 36.0 Å². The van der Waals surface area contributed by atoms with E-state index >= 15 is 0 Å². The average Bonchev–Trinajstić information content (AvgIpc) is 2.77. The Hall–Kier alpha value is -3.40. The monoisotopic (exact) mass is 389 g/mol. The van der Waals surface area contributed by atoms with Gasteiger partial charge in [0.2, 0.25) is 11.4 Å². The predicted octanol–water partition coefficient (Wildman–Crippen LogP) is 3.56. The molecule has 0 unspecified atom stereocenters. The van der Waals surface area contributed by atoms with Crippen molar-refractivity contribution in [3.63, 3.8) is 0 Å². The number of anilines is 1. The van der Waals surface area contributed by atoms with Gasteiger partial charge in [-0.15, -0.1) is 4.98 Å². The summed E-state index contributed by atoms with van der Waals surface area (Å²) in [6.45, 7) is 11.0. The van der Waals surface area contributed by atoms with Crippen LogP contribution in [0.4, 0.5) is 11.5 Å². The fraction of sp³-hybridized carbons (Fsp3) is 0.364. The lowest BCUT2D eigenvalue weighted by Crippen LogP contribution is -2.46. The largest absolute Gasteiger partial charge is 0.474 e. The minimum absolute atomic E-state index is 0.0789. The molecule has 1 aliphatic rings. The molecule has 0 bridgehead atoms. The molecule has 3 aromatic rings. The maximum absolute atomic E-state index is 12.5. The van der Waals surface area contributed by atoms with Gasteiger partial charge in [-0.3, -0.25) is 4.79 Å². The fourth-order valence-corrected chi connectivity index (χ4v) is 3.95. The Labute approximate surface area is 169 Å². The van der Waals surface area contributed by atoms with Crippen LogP contribution in [0.5, 0.6) is 5.88 Å². The summed E-state index contributed by atoms with van der Waals surface area (Å²) in [5.41, 5.74) is 2.15. The molecule has 2 atom stereocenters. The van der Waals surface area contributed by atoms with Gasteiger partial charge >= 0.3 is 0 Å². The molecule has 7 nitrogen and oxygen atoms in total. The van der Waals surface area contributed by atoms with E-state index in [9.17, 15) is 4.79 Å². The molecule has 1 aliphatic heterocycles. The third kappa shape index (κ3) is 3.66. The van der Waals surface area contributed by atoms with Crippen molar-refractivity contribution < 1.29 is 4.74 Å². The number of aromatic nitrogens is 3. The number of rotatable bonds is 4. The first-order chi connectivity index (χ1) is 14.1. The normalized spacial score (nSPS) is 19.1. The highest BCUT2D eigenvalue weighted by Gasteiger charge is 2.32. The van der Waals surface area contributed by atoms with E-state index in [-0.39, 0.29) is 11.7 Å². The zero-order valence-corrected chi connectivity index (χ0v) is 16.6. The fourth-order valence-electron chi connectivity index (χ4n) is 3.95. The number of piperidine rings is 1. The van der Waals surface area contributed by atoms with E-state index < -0.39 is 0 Å². The molecule has 1 fully saturated rings. The second-order valence-corrected chi connectivity index (χ2v) is 7.30. The van der Waals surface area contributed by atoms with Gasteiger partial charge in [-0.1, -0.05) is 19.6 Å². The summed E-state index contributed by atoms with van der Waals surface area (Å²) in [6.07, 6.45) is 3.60. The van der Waals surface area contributed by atoms with E-state index in [4.69, 9.17) is 11.3 Å². The van der Waals surface area contributed by atoms with Crippen LogP contribution in [-0.2, 0) is 7.05 Å². The Kier molecular flexibility index (Phi) is 5.17.